The van der Waals surface area contributed by atoms with E-state index in [0.29, 0.717) is 0 Å². The lowest BCUT2D eigenvalue weighted by Crippen LogP contribution is -1.98. The summed E-state index contributed by atoms with van der Waals surface area (Å²) in [5.41, 5.74) is 2.42. The Kier molecular flexibility index (Phi) is 8.96. The van der Waals surface area contributed by atoms with Crippen molar-refractivity contribution in [2.24, 2.45) is 0 Å². The first-order valence-electron chi connectivity index (χ1n) is 8.45. The molecule has 0 radical (unpaired) electrons. The minimum Gasteiger partial charge on any atom is -0.496 e. The Morgan fingerprint density at radius 3 is 2.00 bits per heavy atom. The minimum atomic E-state index is 0.909. The predicted molar refractivity (Wildman–Crippen MR) is 90.6 cm³/mol. The van der Waals surface area contributed by atoms with Crippen LogP contribution in [0.2, 0.25) is 0 Å². The van der Waals surface area contributed by atoms with Gasteiger partial charge in [0.25, 0.3) is 0 Å². The molecule has 1 aromatic rings. The van der Waals surface area contributed by atoms with Crippen molar-refractivity contribution >= 4 is 0 Å². The van der Waals surface area contributed by atoms with Crippen molar-refractivity contribution < 1.29 is 9.47 Å². The van der Waals surface area contributed by atoms with Crippen molar-refractivity contribution in [3.8, 4) is 11.5 Å². The molecule has 0 saturated carbocycles. The van der Waals surface area contributed by atoms with Crippen LogP contribution in [0.1, 0.15) is 69.4 Å². The number of methoxy groups -OCH3 is 2. The summed E-state index contributed by atoms with van der Waals surface area (Å²) in [6.07, 6.45) is 11.9. The Bertz CT molecular complexity index is 399. The predicted octanol–water partition coefficient (Wildman–Crippen LogP) is 5.70. The van der Waals surface area contributed by atoms with Gasteiger partial charge >= 0.3 is 0 Å². The van der Waals surface area contributed by atoms with Crippen LogP contribution in [0.25, 0.3) is 0 Å². The molecule has 0 amide bonds. The van der Waals surface area contributed by atoms with Gasteiger partial charge in [-0.05, 0) is 31.4 Å². The van der Waals surface area contributed by atoms with E-state index in [0.717, 1.165) is 23.5 Å². The van der Waals surface area contributed by atoms with Crippen LogP contribution < -0.4 is 9.47 Å². The largest absolute Gasteiger partial charge is 0.496 e. The highest BCUT2D eigenvalue weighted by Gasteiger charge is 2.10. The highest BCUT2D eigenvalue weighted by atomic mass is 16.5. The first-order valence-corrected chi connectivity index (χ1v) is 8.45. The molecule has 0 spiro atoms. The summed E-state index contributed by atoms with van der Waals surface area (Å²) < 4.78 is 10.9. The van der Waals surface area contributed by atoms with E-state index in [2.05, 4.69) is 26.0 Å². The van der Waals surface area contributed by atoms with Gasteiger partial charge in [0.2, 0.25) is 0 Å². The Hall–Kier alpha value is -1.18. The quantitative estimate of drug-likeness (QED) is 0.487. The Morgan fingerprint density at radius 1 is 0.810 bits per heavy atom. The summed E-state index contributed by atoms with van der Waals surface area (Å²) in [5.74, 6) is 1.91. The van der Waals surface area contributed by atoms with E-state index in [1.807, 2.05) is 0 Å². The van der Waals surface area contributed by atoms with E-state index < -0.39 is 0 Å². The third-order valence-corrected chi connectivity index (χ3v) is 4.16. The van der Waals surface area contributed by atoms with E-state index in [1.165, 1.54) is 56.9 Å². The first-order chi connectivity index (χ1) is 10.2. The van der Waals surface area contributed by atoms with Gasteiger partial charge in [-0.25, -0.2) is 0 Å². The zero-order chi connectivity index (χ0) is 15.5. The van der Waals surface area contributed by atoms with Crippen molar-refractivity contribution in [3.63, 3.8) is 0 Å². The number of benzene rings is 1. The minimum absolute atomic E-state index is 0.909. The van der Waals surface area contributed by atoms with Crippen LogP contribution in [-0.4, -0.2) is 14.2 Å². The van der Waals surface area contributed by atoms with Crippen LogP contribution >= 0.6 is 0 Å². The number of rotatable bonds is 11. The van der Waals surface area contributed by atoms with Gasteiger partial charge in [0.15, 0.2) is 0 Å². The molecule has 0 aliphatic heterocycles. The Labute approximate surface area is 130 Å². The summed E-state index contributed by atoms with van der Waals surface area (Å²) >= 11 is 0. The van der Waals surface area contributed by atoms with Crippen molar-refractivity contribution in [2.45, 2.75) is 71.6 Å². The third kappa shape index (κ3) is 5.99. The molecule has 0 saturated heterocycles. The molecule has 0 unspecified atom stereocenters. The first kappa shape index (κ1) is 17.9. The molecule has 2 heteroatoms. The second-order valence-corrected chi connectivity index (χ2v) is 5.81. The van der Waals surface area contributed by atoms with Gasteiger partial charge in [0, 0.05) is 5.56 Å². The van der Waals surface area contributed by atoms with Gasteiger partial charge in [-0.2, -0.15) is 0 Å². The summed E-state index contributed by atoms with van der Waals surface area (Å²) in [5, 5.41) is 0. The molecular weight excluding hydrogens is 260 g/mol. The SMILES string of the molecule is CCCCCCCCCCc1ccc(OC)c(C)c1OC. The summed E-state index contributed by atoms with van der Waals surface area (Å²) in [7, 11) is 3.46. The summed E-state index contributed by atoms with van der Waals surface area (Å²) in [6.45, 7) is 4.33. The van der Waals surface area contributed by atoms with Crippen LogP contribution in [0.15, 0.2) is 12.1 Å². The number of ether oxygens (including phenoxy) is 2. The molecular formula is C19H32O2. The van der Waals surface area contributed by atoms with E-state index in [-0.39, 0.29) is 0 Å². The molecule has 1 aromatic carbocycles. The van der Waals surface area contributed by atoms with Crippen LogP contribution in [0.5, 0.6) is 11.5 Å². The molecule has 0 N–H and O–H groups in total. The molecule has 0 bridgehead atoms. The van der Waals surface area contributed by atoms with Gasteiger partial charge in [-0.1, -0.05) is 57.9 Å². The molecule has 0 aromatic heterocycles. The van der Waals surface area contributed by atoms with E-state index in [9.17, 15) is 0 Å². The molecule has 2 nitrogen and oxygen atoms in total. The standard InChI is InChI=1S/C19H32O2/c1-5-6-7-8-9-10-11-12-13-17-14-15-18(20-3)16(2)19(17)21-4/h14-15H,5-13H2,1-4H3. The van der Waals surface area contributed by atoms with Crippen LogP contribution in [0, 0.1) is 6.92 Å². The van der Waals surface area contributed by atoms with Gasteiger partial charge in [-0.15, -0.1) is 0 Å². The lowest BCUT2D eigenvalue weighted by atomic mass is 10.0. The molecule has 0 fully saturated rings. The third-order valence-electron chi connectivity index (χ3n) is 4.16. The fourth-order valence-electron chi connectivity index (χ4n) is 2.88. The van der Waals surface area contributed by atoms with Crippen molar-refractivity contribution in [2.75, 3.05) is 14.2 Å². The lowest BCUT2D eigenvalue weighted by molar-refractivity contribution is 0.385. The van der Waals surface area contributed by atoms with Crippen LogP contribution in [-0.2, 0) is 6.42 Å². The normalized spacial score (nSPS) is 10.7. The maximum absolute atomic E-state index is 5.56. The van der Waals surface area contributed by atoms with Crippen LogP contribution in [0.3, 0.4) is 0 Å². The number of unbranched alkanes of at least 4 members (excludes halogenated alkanes) is 7. The molecule has 0 atom stereocenters. The molecule has 1 rings (SSSR count). The number of hydrogen-bond donors (Lipinski definition) is 0. The maximum Gasteiger partial charge on any atom is 0.128 e. The zero-order valence-electron chi connectivity index (χ0n) is 14.3. The highest BCUT2D eigenvalue weighted by molar-refractivity contribution is 5.49. The van der Waals surface area contributed by atoms with Crippen LogP contribution in [0.4, 0.5) is 0 Å². The topological polar surface area (TPSA) is 18.5 Å². The molecule has 21 heavy (non-hydrogen) atoms. The number of hydrogen-bond acceptors (Lipinski definition) is 2. The average Bonchev–Trinajstić information content (AvgIpc) is 2.50. The fourth-order valence-corrected chi connectivity index (χ4v) is 2.88. The van der Waals surface area contributed by atoms with E-state index in [1.54, 1.807) is 14.2 Å². The van der Waals surface area contributed by atoms with Crippen molar-refractivity contribution in [1.29, 1.82) is 0 Å². The Balaban J connectivity index is 2.33. The van der Waals surface area contributed by atoms with Gasteiger partial charge in [0.1, 0.15) is 11.5 Å². The molecule has 0 heterocycles. The second-order valence-electron chi connectivity index (χ2n) is 5.81. The molecule has 0 aliphatic rings. The van der Waals surface area contributed by atoms with E-state index in [4.69, 9.17) is 9.47 Å². The molecule has 120 valence electrons. The van der Waals surface area contributed by atoms with Gasteiger partial charge < -0.3 is 9.47 Å². The smallest absolute Gasteiger partial charge is 0.128 e. The van der Waals surface area contributed by atoms with Crippen molar-refractivity contribution in [1.82, 2.24) is 0 Å². The lowest BCUT2D eigenvalue weighted by Gasteiger charge is -2.14. The number of aryl methyl sites for hydroxylation is 1. The van der Waals surface area contributed by atoms with E-state index >= 15 is 0 Å². The summed E-state index contributed by atoms with van der Waals surface area (Å²) in [6, 6.07) is 4.20. The fraction of sp³-hybridized carbons (Fsp3) is 0.684. The van der Waals surface area contributed by atoms with Gasteiger partial charge in [-0.3, -0.25) is 0 Å². The second kappa shape index (κ2) is 10.5. The Morgan fingerprint density at radius 2 is 1.43 bits per heavy atom. The summed E-state index contributed by atoms with van der Waals surface area (Å²) in [4.78, 5) is 0. The highest BCUT2D eigenvalue weighted by Crippen LogP contribution is 2.32. The zero-order valence-corrected chi connectivity index (χ0v) is 14.3. The van der Waals surface area contributed by atoms with Crippen molar-refractivity contribution in [3.05, 3.63) is 23.3 Å². The average molecular weight is 292 g/mol. The monoisotopic (exact) mass is 292 g/mol. The molecule has 0 aliphatic carbocycles. The van der Waals surface area contributed by atoms with Gasteiger partial charge in [0.05, 0.1) is 14.2 Å². The maximum atomic E-state index is 5.56.